The lowest BCUT2D eigenvalue weighted by molar-refractivity contribution is 0.249. The van der Waals surface area contributed by atoms with Gasteiger partial charge >= 0.3 is 6.03 Å². The molecule has 1 aromatic heterocycles. The molecule has 6 heteroatoms. The molecule has 1 aromatic carbocycles. The number of nitrogens with one attached hydrogen (secondary N) is 1. The molecule has 0 saturated heterocycles. The zero-order valence-corrected chi connectivity index (χ0v) is 12.8. The van der Waals surface area contributed by atoms with E-state index in [1.807, 2.05) is 44.2 Å². The Kier molecular flexibility index (Phi) is 4.24. The first-order chi connectivity index (χ1) is 9.49. The largest absolute Gasteiger partial charge is 0.350 e. The summed E-state index contributed by atoms with van der Waals surface area (Å²) >= 11 is 3.43. The van der Waals surface area contributed by atoms with Crippen molar-refractivity contribution in [1.29, 1.82) is 0 Å². The molecule has 2 aromatic rings. The van der Waals surface area contributed by atoms with E-state index in [4.69, 9.17) is 5.73 Å². The molecule has 1 heterocycles. The van der Waals surface area contributed by atoms with E-state index in [2.05, 4.69) is 31.0 Å². The number of aryl methyl sites for hydroxylation is 1. The monoisotopic (exact) mass is 334 g/mol. The zero-order valence-electron chi connectivity index (χ0n) is 11.2. The summed E-state index contributed by atoms with van der Waals surface area (Å²) in [4.78, 5) is 10.6. The van der Waals surface area contributed by atoms with Crippen molar-refractivity contribution in [2.24, 2.45) is 10.8 Å². The normalized spacial score (nSPS) is 10.9. The Bertz CT molecular complexity index is 659. The van der Waals surface area contributed by atoms with Gasteiger partial charge in [-0.25, -0.2) is 10.2 Å². The number of hydrogen-bond donors (Lipinski definition) is 2. The number of nitrogens with zero attached hydrogens (tertiary/aromatic N) is 2. The summed E-state index contributed by atoms with van der Waals surface area (Å²) in [5.41, 5.74) is 11.3. The number of carbonyl (C=O) groups excluding carboxylic acids is 1. The van der Waals surface area contributed by atoms with Gasteiger partial charge in [-0.1, -0.05) is 15.9 Å². The van der Waals surface area contributed by atoms with Crippen LogP contribution in [0.15, 0.2) is 39.9 Å². The highest BCUT2D eigenvalue weighted by atomic mass is 79.9. The van der Waals surface area contributed by atoms with Crippen molar-refractivity contribution in [3.05, 3.63) is 51.8 Å². The maximum Gasteiger partial charge on any atom is 0.332 e. The minimum Gasteiger partial charge on any atom is -0.350 e. The smallest absolute Gasteiger partial charge is 0.332 e. The highest BCUT2D eigenvalue weighted by Crippen LogP contribution is 2.21. The van der Waals surface area contributed by atoms with Gasteiger partial charge in [0.05, 0.1) is 6.21 Å². The SMILES string of the molecule is Cc1cc(C=NNC(N)=O)c(C)n1-c1ccc(Br)cc1. The fraction of sp³-hybridized carbons (Fsp3) is 0.143. The van der Waals surface area contributed by atoms with Crippen molar-refractivity contribution in [3.63, 3.8) is 0 Å². The van der Waals surface area contributed by atoms with Gasteiger partial charge in [0.15, 0.2) is 0 Å². The van der Waals surface area contributed by atoms with Crippen LogP contribution in [0.4, 0.5) is 4.79 Å². The highest BCUT2D eigenvalue weighted by Gasteiger charge is 2.09. The Hall–Kier alpha value is -2.08. The predicted octanol–water partition coefficient (Wildman–Crippen LogP) is 2.86. The van der Waals surface area contributed by atoms with Gasteiger partial charge in [0.25, 0.3) is 0 Å². The number of benzene rings is 1. The molecule has 2 rings (SSSR count). The molecule has 0 aliphatic carbocycles. The van der Waals surface area contributed by atoms with Crippen LogP contribution >= 0.6 is 15.9 Å². The minimum atomic E-state index is -0.678. The molecule has 0 aliphatic heterocycles. The number of hydrazone groups is 1. The molecule has 104 valence electrons. The first kappa shape index (κ1) is 14.3. The number of rotatable bonds is 3. The molecular weight excluding hydrogens is 320 g/mol. The fourth-order valence-electron chi connectivity index (χ4n) is 2.07. The molecule has 2 amide bonds. The lowest BCUT2D eigenvalue weighted by atomic mass is 10.2. The van der Waals surface area contributed by atoms with E-state index < -0.39 is 6.03 Å². The Labute approximate surface area is 125 Å². The molecule has 0 atom stereocenters. The van der Waals surface area contributed by atoms with Crippen molar-refractivity contribution in [2.45, 2.75) is 13.8 Å². The van der Waals surface area contributed by atoms with E-state index in [0.29, 0.717) is 0 Å². The topological polar surface area (TPSA) is 72.4 Å². The molecule has 20 heavy (non-hydrogen) atoms. The summed E-state index contributed by atoms with van der Waals surface area (Å²) in [6.07, 6.45) is 1.59. The number of aromatic nitrogens is 1. The Balaban J connectivity index is 2.36. The first-order valence-electron chi connectivity index (χ1n) is 6.02. The van der Waals surface area contributed by atoms with Crippen LogP contribution in [0.5, 0.6) is 0 Å². The van der Waals surface area contributed by atoms with Crippen LogP contribution in [0.1, 0.15) is 17.0 Å². The van der Waals surface area contributed by atoms with Gasteiger partial charge in [0.1, 0.15) is 0 Å². The van der Waals surface area contributed by atoms with Crippen molar-refractivity contribution < 1.29 is 4.79 Å². The summed E-state index contributed by atoms with van der Waals surface area (Å²) in [6.45, 7) is 4.02. The average Bonchev–Trinajstić information content (AvgIpc) is 2.66. The van der Waals surface area contributed by atoms with Crippen LogP contribution in [0.2, 0.25) is 0 Å². The summed E-state index contributed by atoms with van der Waals surface area (Å²) in [7, 11) is 0. The van der Waals surface area contributed by atoms with Gasteiger partial charge in [-0.3, -0.25) is 0 Å². The second kappa shape index (κ2) is 5.92. The second-order valence-corrected chi connectivity index (χ2v) is 5.29. The van der Waals surface area contributed by atoms with Crippen LogP contribution in [0.25, 0.3) is 5.69 Å². The third-order valence-electron chi connectivity index (χ3n) is 2.93. The lowest BCUT2D eigenvalue weighted by Crippen LogP contribution is -2.24. The maximum absolute atomic E-state index is 10.6. The van der Waals surface area contributed by atoms with E-state index >= 15 is 0 Å². The fourth-order valence-corrected chi connectivity index (χ4v) is 2.34. The summed E-state index contributed by atoms with van der Waals surface area (Å²) < 4.78 is 3.16. The Morgan fingerprint density at radius 3 is 2.60 bits per heavy atom. The maximum atomic E-state index is 10.6. The number of amides is 2. The Morgan fingerprint density at radius 2 is 2.00 bits per heavy atom. The highest BCUT2D eigenvalue weighted by molar-refractivity contribution is 9.10. The van der Waals surface area contributed by atoms with E-state index in [1.54, 1.807) is 6.21 Å². The van der Waals surface area contributed by atoms with Crippen LogP contribution in [0, 0.1) is 13.8 Å². The molecule has 0 fully saturated rings. The van der Waals surface area contributed by atoms with E-state index in [9.17, 15) is 4.79 Å². The number of carbonyl (C=O) groups is 1. The van der Waals surface area contributed by atoms with E-state index in [-0.39, 0.29) is 0 Å². The molecular formula is C14H15BrN4O. The predicted molar refractivity (Wildman–Crippen MR) is 83.3 cm³/mol. The summed E-state index contributed by atoms with van der Waals surface area (Å²) in [5.74, 6) is 0. The Morgan fingerprint density at radius 1 is 1.35 bits per heavy atom. The molecule has 0 spiro atoms. The summed E-state index contributed by atoms with van der Waals surface area (Å²) in [5, 5.41) is 3.79. The molecule has 3 N–H and O–H groups in total. The van der Waals surface area contributed by atoms with Crippen LogP contribution < -0.4 is 11.2 Å². The van der Waals surface area contributed by atoms with Gasteiger partial charge in [-0.05, 0) is 44.2 Å². The van der Waals surface area contributed by atoms with E-state index in [0.717, 1.165) is 27.1 Å². The van der Waals surface area contributed by atoms with Gasteiger partial charge in [-0.2, -0.15) is 5.10 Å². The molecule has 0 aliphatic rings. The number of urea groups is 1. The van der Waals surface area contributed by atoms with Gasteiger partial charge < -0.3 is 10.3 Å². The third kappa shape index (κ3) is 3.08. The van der Waals surface area contributed by atoms with Crippen LogP contribution in [0.3, 0.4) is 0 Å². The van der Waals surface area contributed by atoms with Crippen LogP contribution in [-0.2, 0) is 0 Å². The lowest BCUT2D eigenvalue weighted by Gasteiger charge is -2.09. The quantitative estimate of drug-likeness (QED) is 0.657. The molecule has 0 saturated carbocycles. The van der Waals surface area contributed by atoms with Gasteiger partial charge in [0.2, 0.25) is 0 Å². The molecule has 0 radical (unpaired) electrons. The number of primary amides is 1. The van der Waals surface area contributed by atoms with Crippen molar-refractivity contribution in [1.82, 2.24) is 9.99 Å². The first-order valence-corrected chi connectivity index (χ1v) is 6.81. The molecule has 0 bridgehead atoms. The van der Waals surface area contributed by atoms with Crippen molar-refractivity contribution in [3.8, 4) is 5.69 Å². The van der Waals surface area contributed by atoms with Gasteiger partial charge in [-0.15, -0.1) is 0 Å². The number of nitrogens with two attached hydrogens (primary N) is 1. The minimum absolute atomic E-state index is 0.678. The van der Waals surface area contributed by atoms with E-state index in [1.165, 1.54) is 0 Å². The average molecular weight is 335 g/mol. The van der Waals surface area contributed by atoms with Crippen LogP contribution in [-0.4, -0.2) is 16.8 Å². The molecule has 0 unspecified atom stereocenters. The van der Waals surface area contributed by atoms with Gasteiger partial charge in [0, 0.05) is 27.1 Å². The third-order valence-corrected chi connectivity index (χ3v) is 3.46. The molecule has 5 nitrogen and oxygen atoms in total. The number of halogens is 1. The zero-order chi connectivity index (χ0) is 14.7. The van der Waals surface area contributed by atoms with Crippen molar-refractivity contribution in [2.75, 3.05) is 0 Å². The standard InChI is InChI=1S/C14H15BrN4O/c1-9-7-11(8-17-18-14(16)20)10(2)19(9)13-5-3-12(15)4-6-13/h3-8H,1-2H3,(H3,16,18,20). The summed E-state index contributed by atoms with van der Waals surface area (Å²) in [6, 6.07) is 9.39. The number of hydrogen-bond acceptors (Lipinski definition) is 2. The second-order valence-electron chi connectivity index (χ2n) is 4.37. The van der Waals surface area contributed by atoms with Crippen molar-refractivity contribution >= 4 is 28.2 Å².